The molecule has 1 aromatic carbocycles. The van der Waals surface area contributed by atoms with E-state index in [0.29, 0.717) is 5.92 Å². The molecular formula is C15H22ClNO. The van der Waals surface area contributed by atoms with Crippen LogP contribution in [0, 0.1) is 5.92 Å². The lowest BCUT2D eigenvalue weighted by molar-refractivity contribution is 0.266. The molecule has 0 amide bonds. The number of halogens is 1. The minimum atomic E-state index is -0.00461. The molecule has 0 fully saturated rings. The van der Waals surface area contributed by atoms with Crippen LogP contribution in [0.4, 0.5) is 0 Å². The fraction of sp³-hybridized carbons (Fsp3) is 0.467. The SMILES string of the molecule is C=CC(C)Oc1ccc(Cl)cc1CNCC(C)C. The van der Waals surface area contributed by atoms with Crippen LogP contribution >= 0.6 is 11.6 Å². The van der Waals surface area contributed by atoms with E-state index in [4.69, 9.17) is 16.3 Å². The Morgan fingerprint density at radius 1 is 1.39 bits per heavy atom. The summed E-state index contributed by atoms with van der Waals surface area (Å²) >= 11 is 6.03. The maximum atomic E-state index is 6.03. The van der Waals surface area contributed by atoms with Gasteiger partial charge in [-0.2, -0.15) is 0 Å². The second-order valence-electron chi connectivity index (χ2n) is 4.84. The Bertz CT molecular complexity index is 390. The van der Waals surface area contributed by atoms with Crippen molar-refractivity contribution in [2.75, 3.05) is 6.54 Å². The fourth-order valence-corrected chi connectivity index (χ4v) is 1.74. The van der Waals surface area contributed by atoms with Crippen LogP contribution in [-0.2, 0) is 6.54 Å². The minimum absolute atomic E-state index is 0.00461. The van der Waals surface area contributed by atoms with Crippen LogP contribution in [0.3, 0.4) is 0 Å². The third kappa shape index (κ3) is 5.11. The van der Waals surface area contributed by atoms with E-state index in [1.807, 2.05) is 25.1 Å². The van der Waals surface area contributed by atoms with E-state index in [0.717, 1.165) is 29.4 Å². The first-order valence-corrected chi connectivity index (χ1v) is 6.69. The van der Waals surface area contributed by atoms with Gasteiger partial charge in [0.05, 0.1) is 0 Å². The summed E-state index contributed by atoms with van der Waals surface area (Å²) in [7, 11) is 0. The van der Waals surface area contributed by atoms with Crippen LogP contribution in [-0.4, -0.2) is 12.6 Å². The van der Waals surface area contributed by atoms with Crippen molar-refractivity contribution < 1.29 is 4.74 Å². The van der Waals surface area contributed by atoms with Gasteiger partial charge in [0.15, 0.2) is 0 Å². The van der Waals surface area contributed by atoms with Gasteiger partial charge < -0.3 is 10.1 Å². The maximum absolute atomic E-state index is 6.03. The summed E-state index contributed by atoms with van der Waals surface area (Å²) in [4.78, 5) is 0. The third-order valence-corrected chi connectivity index (χ3v) is 2.77. The second kappa shape index (κ2) is 7.45. The van der Waals surface area contributed by atoms with Crippen molar-refractivity contribution in [3.63, 3.8) is 0 Å². The minimum Gasteiger partial charge on any atom is -0.486 e. The smallest absolute Gasteiger partial charge is 0.124 e. The van der Waals surface area contributed by atoms with Crippen LogP contribution in [0.25, 0.3) is 0 Å². The zero-order chi connectivity index (χ0) is 13.5. The van der Waals surface area contributed by atoms with Gasteiger partial charge in [0.25, 0.3) is 0 Å². The molecule has 0 radical (unpaired) electrons. The molecule has 0 saturated carbocycles. The van der Waals surface area contributed by atoms with Gasteiger partial charge in [0.1, 0.15) is 11.9 Å². The van der Waals surface area contributed by atoms with E-state index in [9.17, 15) is 0 Å². The van der Waals surface area contributed by atoms with Gasteiger partial charge in [-0.15, -0.1) is 0 Å². The number of hydrogen-bond acceptors (Lipinski definition) is 2. The largest absolute Gasteiger partial charge is 0.486 e. The molecule has 0 aliphatic rings. The van der Waals surface area contributed by atoms with E-state index < -0.39 is 0 Å². The van der Waals surface area contributed by atoms with Crippen LogP contribution in [0.15, 0.2) is 30.9 Å². The third-order valence-electron chi connectivity index (χ3n) is 2.54. The monoisotopic (exact) mass is 267 g/mol. The molecule has 0 aliphatic heterocycles. The fourth-order valence-electron chi connectivity index (χ4n) is 1.55. The molecule has 1 aromatic rings. The van der Waals surface area contributed by atoms with Crippen molar-refractivity contribution in [1.29, 1.82) is 0 Å². The van der Waals surface area contributed by atoms with E-state index >= 15 is 0 Å². The number of hydrogen-bond donors (Lipinski definition) is 1. The van der Waals surface area contributed by atoms with E-state index in [1.165, 1.54) is 0 Å². The van der Waals surface area contributed by atoms with Crippen LogP contribution in [0.2, 0.25) is 5.02 Å². The van der Waals surface area contributed by atoms with E-state index in [2.05, 4.69) is 25.7 Å². The molecule has 0 bridgehead atoms. The number of benzene rings is 1. The first-order valence-electron chi connectivity index (χ1n) is 6.31. The van der Waals surface area contributed by atoms with Crippen molar-refractivity contribution in [1.82, 2.24) is 5.32 Å². The van der Waals surface area contributed by atoms with Crippen LogP contribution in [0.5, 0.6) is 5.75 Å². The number of ether oxygens (including phenoxy) is 1. The second-order valence-corrected chi connectivity index (χ2v) is 5.27. The summed E-state index contributed by atoms with van der Waals surface area (Å²) in [5.41, 5.74) is 1.08. The molecule has 1 N–H and O–H groups in total. The standard InChI is InChI=1S/C15H22ClNO/c1-5-12(4)18-15-7-6-14(16)8-13(15)10-17-9-11(2)3/h5-8,11-12,17H,1,9-10H2,2-4H3. The predicted octanol–water partition coefficient (Wildman–Crippen LogP) is 4.04. The van der Waals surface area contributed by atoms with Crippen LogP contribution in [0.1, 0.15) is 26.3 Å². The van der Waals surface area contributed by atoms with Gasteiger partial charge in [-0.05, 0) is 37.6 Å². The van der Waals surface area contributed by atoms with Gasteiger partial charge in [-0.25, -0.2) is 0 Å². The van der Waals surface area contributed by atoms with Crippen molar-refractivity contribution in [3.05, 3.63) is 41.4 Å². The molecule has 1 unspecified atom stereocenters. The van der Waals surface area contributed by atoms with Crippen molar-refractivity contribution >= 4 is 11.6 Å². The summed E-state index contributed by atoms with van der Waals surface area (Å²) in [6.07, 6.45) is 1.77. The summed E-state index contributed by atoms with van der Waals surface area (Å²) in [5.74, 6) is 1.49. The molecule has 18 heavy (non-hydrogen) atoms. The van der Waals surface area contributed by atoms with Crippen molar-refractivity contribution in [3.8, 4) is 5.75 Å². The van der Waals surface area contributed by atoms with Crippen molar-refractivity contribution in [2.24, 2.45) is 5.92 Å². The number of rotatable bonds is 7. The average Bonchev–Trinajstić information content (AvgIpc) is 2.31. The summed E-state index contributed by atoms with van der Waals surface area (Å²) in [5, 5.41) is 4.13. The molecule has 3 heteroatoms. The first kappa shape index (κ1) is 15.1. The molecule has 0 aliphatic carbocycles. The predicted molar refractivity (Wildman–Crippen MR) is 78.3 cm³/mol. The van der Waals surface area contributed by atoms with Gasteiger partial charge in [-0.3, -0.25) is 0 Å². The van der Waals surface area contributed by atoms with Gasteiger partial charge in [-0.1, -0.05) is 38.1 Å². The van der Waals surface area contributed by atoms with Crippen LogP contribution < -0.4 is 10.1 Å². The Hall–Kier alpha value is -0.990. The highest BCUT2D eigenvalue weighted by atomic mass is 35.5. The highest BCUT2D eigenvalue weighted by Gasteiger charge is 2.07. The summed E-state index contributed by atoms with van der Waals surface area (Å²) in [6, 6.07) is 5.70. The Kier molecular flexibility index (Phi) is 6.23. The van der Waals surface area contributed by atoms with E-state index in [-0.39, 0.29) is 6.10 Å². The molecule has 0 aromatic heterocycles. The molecule has 2 nitrogen and oxygen atoms in total. The highest BCUT2D eigenvalue weighted by Crippen LogP contribution is 2.24. The van der Waals surface area contributed by atoms with Gasteiger partial charge in [0, 0.05) is 17.1 Å². The molecule has 0 saturated heterocycles. The topological polar surface area (TPSA) is 21.3 Å². The van der Waals surface area contributed by atoms with Crippen molar-refractivity contribution in [2.45, 2.75) is 33.4 Å². The average molecular weight is 268 g/mol. The molecule has 100 valence electrons. The Labute approximate surface area is 115 Å². The van der Waals surface area contributed by atoms with Gasteiger partial charge >= 0.3 is 0 Å². The summed E-state index contributed by atoms with van der Waals surface area (Å²) in [6.45, 7) is 11.8. The molecular weight excluding hydrogens is 246 g/mol. The molecule has 1 rings (SSSR count). The highest BCUT2D eigenvalue weighted by molar-refractivity contribution is 6.30. The van der Waals surface area contributed by atoms with Gasteiger partial charge in [0.2, 0.25) is 0 Å². The summed E-state index contributed by atoms with van der Waals surface area (Å²) < 4.78 is 5.79. The molecule has 1 atom stereocenters. The Morgan fingerprint density at radius 3 is 2.72 bits per heavy atom. The quantitative estimate of drug-likeness (QED) is 0.753. The maximum Gasteiger partial charge on any atom is 0.124 e. The number of nitrogens with one attached hydrogen (secondary N) is 1. The van der Waals surface area contributed by atoms with E-state index in [1.54, 1.807) is 6.08 Å². The zero-order valence-electron chi connectivity index (χ0n) is 11.4. The lowest BCUT2D eigenvalue weighted by atomic mass is 10.1. The molecule has 0 heterocycles. The lowest BCUT2D eigenvalue weighted by Gasteiger charge is -2.16. The normalized spacial score (nSPS) is 12.5. The Morgan fingerprint density at radius 2 is 2.11 bits per heavy atom. The first-order chi connectivity index (χ1) is 8.52. The molecule has 0 spiro atoms. The zero-order valence-corrected chi connectivity index (χ0v) is 12.1. The Balaban J connectivity index is 2.73. The lowest BCUT2D eigenvalue weighted by Crippen LogP contribution is -2.20.